The summed E-state index contributed by atoms with van der Waals surface area (Å²) >= 11 is 0. The van der Waals surface area contributed by atoms with Crippen LogP contribution in [-0.4, -0.2) is 51.2 Å². The van der Waals surface area contributed by atoms with Gasteiger partial charge >= 0.3 is 0 Å². The average molecular weight is 452 g/mol. The summed E-state index contributed by atoms with van der Waals surface area (Å²) < 4.78 is 20.2. The number of ether oxygens (including phenoxy) is 1. The van der Waals surface area contributed by atoms with Gasteiger partial charge in [-0.25, -0.2) is 19.3 Å². The lowest BCUT2D eigenvalue weighted by Gasteiger charge is -2.38. The fourth-order valence-electron chi connectivity index (χ4n) is 4.52. The van der Waals surface area contributed by atoms with Gasteiger partial charge in [0.05, 0.1) is 23.1 Å². The van der Waals surface area contributed by atoms with Gasteiger partial charge in [0.2, 0.25) is 5.88 Å². The molecule has 2 fully saturated rings. The maximum atomic E-state index is 14.4. The Labute approximate surface area is 193 Å². The molecule has 1 aliphatic heterocycles. The van der Waals surface area contributed by atoms with E-state index >= 15 is 0 Å². The van der Waals surface area contributed by atoms with Gasteiger partial charge in [-0.1, -0.05) is 0 Å². The van der Waals surface area contributed by atoms with Crippen molar-refractivity contribution in [3.8, 4) is 5.88 Å². The summed E-state index contributed by atoms with van der Waals surface area (Å²) in [6.07, 6.45) is 8.04. The van der Waals surface area contributed by atoms with Crippen LogP contribution in [0.25, 0.3) is 10.9 Å². The van der Waals surface area contributed by atoms with E-state index in [-0.39, 0.29) is 17.7 Å². The number of fused-ring (bicyclic) bond motifs is 1. The summed E-state index contributed by atoms with van der Waals surface area (Å²) in [5.74, 6) is 0.535. The second-order valence-electron chi connectivity index (χ2n) is 9.48. The third-order valence-electron chi connectivity index (χ3n) is 7.04. The molecule has 5 rings (SSSR count). The molecule has 0 bridgehead atoms. The number of nitrogens with one attached hydrogen (secondary N) is 1. The molecule has 4 heterocycles. The molecule has 2 N–H and O–H groups in total. The molecule has 3 aromatic heterocycles. The highest BCUT2D eigenvalue weighted by molar-refractivity contribution is 5.81. The molecule has 7 nitrogen and oxygen atoms in total. The third-order valence-corrected chi connectivity index (χ3v) is 7.04. The first kappa shape index (κ1) is 22.0. The van der Waals surface area contributed by atoms with Gasteiger partial charge in [-0.3, -0.25) is 0 Å². The number of hydrogen-bond acceptors (Lipinski definition) is 7. The molecular weight excluding hydrogens is 421 g/mol. The third kappa shape index (κ3) is 4.63. The molecule has 8 heteroatoms. The predicted octanol–water partition coefficient (Wildman–Crippen LogP) is 4.39. The number of nitrogens with zero attached hydrogens (tertiary/aromatic N) is 4. The highest BCUT2D eigenvalue weighted by atomic mass is 19.1. The average Bonchev–Trinajstić information content (AvgIpc) is 2.78. The van der Waals surface area contributed by atoms with Crippen LogP contribution in [0.1, 0.15) is 44.7 Å². The van der Waals surface area contributed by atoms with Crippen LogP contribution in [0.3, 0.4) is 0 Å². The van der Waals surface area contributed by atoms with Gasteiger partial charge in [0, 0.05) is 23.7 Å². The molecule has 1 saturated heterocycles. The fraction of sp³-hybridized carbons (Fsp3) is 0.480. The molecule has 1 saturated carbocycles. The number of aliphatic hydroxyl groups is 1. The molecule has 2 aliphatic rings. The zero-order valence-corrected chi connectivity index (χ0v) is 19.1. The zero-order valence-electron chi connectivity index (χ0n) is 19.1. The zero-order chi connectivity index (χ0) is 23.0. The fourth-order valence-corrected chi connectivity index (χ4v) is 4.52. The minimum absolute atomic E-state index is 0.151. The highest BCUT2D eigenvalue weighted by Gasteiger charge is 2.36. The lowest BCUT2D eigenvalue weighted by Crippen LogP contribution is -2.41. The number of hydrogen-bond donors (Lipinski definition) is 2. The Hall–Kier alpha value is -2.84. The molecule has 33 heavy (non-hydrogen) atoms. The first-order valence-electron chi connectivity index (χ1n) is 11.7. The van der Waals surface area contributed by atoms with E-state index in [1.165, 1.54) is 0 Å². The van der Waals surface area contributed by atoms with Crippen molar-refractivity contribution in [2.75, 3.05) is 25.5 Å². The van der Waals surface area contributed by atoms with Crippen molar-refractivity contribution in [3.05, 3.63) is 48.2 Å². The van der Waals surface area contributed by atoms with Crippen LogP contribution in [0.2, 0.25) is 0 Å². The minimum Gasteiger partial charge on any atom is -0.474 e. The summed E-state index contributed by atoms with van der Waals surface area (Å²) in [6, 6.07) is 7.14. The Balaban J connectivity index is 1.38. The summed E-state index contributed by atoms with van der Waals surface area (Å²) in [5.41, 5.74) is 0.573. The van der Waals surface area contributed by atoms with Crippen molar-refractivity contribution in [3.63, 3.8) is 0 Å². The predicted molar refractivity (Wildman–Crippen MR) is 125 cm³/mol. The van der Waals surface area contributed by atoms with Gasteiger partial charge in [0.1, 0.15) is 17.5 Å². The van der Waals surface area contributed by atoms with Crippen molar-refractivity contribution >= 4 is 22.4 Å². The number of rotatable bonds is 6. The quantitative estimate of drug-likeness (QED) is 0.575. The van der Waals surface area contributed by atoms with Crippen LogP contribution in [0.4, 0.5) is 15.9 Å². The Morgan fingerprint density at radius 2 is 1.91 bits per heavy atom. The van der Waals surface area contributed by atoms with Crippen molar-refractivity contribution < 1.29 is 14.2 Å². The van der Waals surface area contributed by atoms with Gasteiger partial charge in [-0.2, -0.15) is 0 Å². The Kier molecular flexibility index (Phi) is 5.88. The lowest BCUT2D eigenvalue weighted by molar-refractivity contribution is -0.0334. The van der Waals surface area contributed by atoms with Gasteiger partial charge in [-0.05, 0) is 77.2 Å². The van der Waals surface area contributed by atoms with Gasteiger partial charge in [0.25, 0.3) is 0 Å². The second-order valence-corrected chi connectivity index (χ2v) is 9.48. The van der Waals surface area contributed by atoms with Crippen LogP contribution in [-0.2, 0) is 5.60 Å². The summed E-state index contributed by atoms with van der Waals surface area (Å²) in [7, 11) is 2.11. The van der Waals surface area contributed by atoms with E-state index in [1.807, 2.05) is 19.1 Å². The van der Waals surface area contributed by atoms with Crippen LogP contribution < -0.4 is 10.1 Å². The molecule has 1 aliphatic carbocycles. The monoisotopic (exact) mass is 451 g/mol. The SMILES string of the molecule is CN1CCC([C@@](C)(O)c2ccc3cnc(Nc4cc(OC5CCC5)ncc4F)cc3n2)CC1. The topological polar surface area (TPSA) is 83.4 Å². The van der Waals surface area contributed by atoms with Gasteiger partial charge in [0.15, 0.2) is 5.82 Å². The largest absolute Gasteiger partial charge is 0.474 e. The number of halogens is 1. The van der Waals surface area contributed by atoms with Crippen LogP contribution >= 0.6 is 0 Å². The molecule has 3 aromatic rings. The number of anilines is 2. The van der Waals surface area contributed by atoms with E-state index < -0.39 is 11.4 Å². The normalized spacial score (nSPS) is 19.8. The number of pyridine rings is 3. The van der Waals surface area contributed by atoms with Gasteiger partial charge < -0.3 is 20.1 Å². The first-order valence-corrected chi connectivity index (χ1v) is 11.7. The van der Waals surface area contributed by atoms with E-state index in [0.717, 1.165) is 56.8 Å². The van der Waals surface area contributed by atoms with Crippen molar-refractivity contribution in [1.82, 2.24) is 19.9 Å². The number of likely N-dealkylation sites (tertiary alicyclic amines) is 1. The molecule has 0 spiro atoms. The summed E-state index contributed by atoms with van der Waals surface area (Å²) in [4.78, 5) is 15.5. The van der Waals surface area contributed by atoms with Gasteiger partial charge in [-0.15, -0.1) is 0 Å². The van der Waals surface area contributed by atoms with E-state index in [4.69, 9.17) is 9.72 Å². The Bertz CT molecular complexity index is 1140. The molecule has 0 radical (unpaired) electrons. The second kappa shape index (κ2) is 8.83. The Morgan fingerprint density at radius 1 is 1.12 bits per heavy atom. The standard InChI is InChI=1S/C25H30FN5O2/c1-25(32,17-8-10-31(2)11-9-17)22-7-6-16-14-27-23(12-20(16)29-22)30-21-13-24(28-15-19(21)26)33-18-4-3-5-18/h6-7,12-15,17-18,32H,3-5,8-11H2,1-2H3,(H,27,28,30)/t25-/m1/s1. The summed E-state index contributed by atoms with van der Waals surface area (Å²) in [6.45, 7) is 3.79. The van der Waals surface area contributed by atoms with E-state index in [1.54, 1.807) is 18.3 Å². The van der Waals surface area contributed by atoms with E-state index in [2.05, 4.69) is 27.2 Å². The molecule has 0 unspecified atom stereocenters. The van der Waals surface area contributed by atoms with Crippen LogP contribution in [0.15, 0.2) is 36.7 Å². The van der Waals surface area contributed by atoms with E-state index in [9.17, 15) is 9.50 Å². The first-order chi connectivity index (χ1) is 15.9. The molecule has 1 atom stereocenters. The highest BCUT2D eigenvalue weighted by Crippen LogP contribution is 2.36. The maximum absolute atomic E-state index is 14.4. The molecular formula is C25H30FN5O2. The number of piperidine rings is 1. The van der Waals surface area contributed by atoms with E-state index in [0.29, 0.717) is 22.9 Å². The molecule has 174 valence electrons. The minimum atomic E-state index is -1.02. The smallest absolute Gasteiger partial charge is 0.215 e. The van der Waals surface area contributed by atoms with Crippen molar-refractivity contribution in [2.45, 2.75) is 50.7 Å². The Morgan fingerprint density at radius 3 is 2.64 bits per heavy atom. The van der Waals surface area contributed by atoms with Crippen LogP contribution in [0.5, 0.6) is 5.88 Å². The lowest BCUT2D eigenvalue weighted by atomic mass is 9.79. The molecule has 0 aromatic carbocycles. The van der Waals surface area contributed by atoms with Crippen molar-refractivity contribution in [2.24, 2.45) is 5.92 Å². The van der Waals surface area contributed by atoms with Crippen molar-refractivity contribution in [1.29, 1.82) is 0 Å². The summed E-state index contributed by atoms with van der Waals surface area (Å²) in [5, 5.41) is 15.2. The number of aromatic nitrogens is 3. The maximum Gasteiger partial charge on any atom is 0.215 e. The van der Waals surface area contributed by atoms with Crippen LogP contribution in [0, 0.1) is 11.7 Å². The molecule has 0 amide bonds.